The van der Waals surface area contributed by atoms with Gasteiger partial charge in [0.15, 0.2) is 5.78 Å². The van der Waals surface area contributed by atoms with E-state index >= 15 is 0 Å². The van der Waals surface area contributed by atoms with Crippen LogP contribution in [0.2, 0.25) is 0 Å². The molecular formula is C21H22O4. The molecule has 0 aliphatic heterocycles. The van der Waals surface area contributed by atoms with Crippen LogP contribution >= 0.6 is 0 Å². The van der Waals surface area contributed by atoms with Crippen LogP contribution in [0.4, 0.5) is 0 Å². The summed E-state index contributed by atoms with van der Waals surface area (Å²) in [7, 11) is 1.60. The van der Waals surface area contributed by atoms with Crippen LogP contribution in [0.25, 0.3) is 6.08 Å². The van der Waals surface area contributed by atoms with Gasteiger partial charge in [0.2, 0.25) is 0 Å². The van der Waals surface area contributed by atoms with Crippen molar-refractivity contribution in [2.45, 2.75) is 13.8 Å². The minimum atomic E-state index is -0.274. The molecule has 2 rings (SSSR count). The van der Waals surface area contributed by atoms with Crippen LogP contribution in [0, 0.1) is 0 Å². The van der Waals surface area contributed by atoms with E-state index in [1.54, 1.807) is 25.3 Å². The van der Waals surface area contributed by atoms with Crippen LogP contribution < -0.4 is 9.47 Å². The van der Waals surface area contributed by atoms with Gasteiger partial charge >= 0.3 is 0 Å². The van der Waals surface area contributed by atoms with E-state index in [1.807, 2.05) is 44.2 Å². The molecule has 2 aromatic carbocycles. The number of phenols is 1. The predicted octanol–water partition coefficient (Wildman–Crippen LogP) is 4.64. The lowest BCUT2D eigenvalue weighted by atomic mass is 10.1. The summed E-state index contributed by atoms with van der Waals surface area (Å²) in [6.45, 7) is 4.39. The topological polar surface area (TPSA) is 55.8 Å². The molecule has 2 aromatic rings. The zero-order valence-corrected chi connectivity index (χ0v) is 14.7. The summed E-state index contributed by atoms with van der Waals surface area (Å²) in [6, 6.07) is 12.0. The van der Waals surface area contributed by atoms with Gasteiger partial charge in [-0.3, -0.25) is 4.79 Å². The van der Waals surface area contributed by atoms with Gasteiger partial charge < -0.3 is 14.6 Å². The molecule has 0 heterocycles. The quantitative estimate of drug-likeness (QED) is 0.454. The van der Waals surface area contributed by atoms with Gasteiger partial charge in [-0.15, -0.1) is 0 Å². The number of allylic oxidation sites excluding steroid dienone is 2. The van der Waals surface area contributed by atoms with E-state index in [2.05, 4.69) is 0 Å². The van der Waals surface area contributed by atoms with Crippen LogP contribution in [0.1, 0.15) is 29.8 Å². The Labute approximate surface area is 148 Å². The summed E-state index contributed by atoms with van der Waals surface area (Å²) in [5.74, 6) is 0.902. The van der Waals surface area contributed by atoms with Gasteiger partial charge in [0.1, 0.15) is 23.9 Å². The molecule has 0 atom stereocenters. The summed E-state index contributed by atoms with van der Waals surface area (Å²) in [5, 5.41) is 10.1. The van der Waals surface area contributed by atoms with Crippen molar-refractivity contribution in [1.82, 2.24) is 0 Å². The van der Waals surface area contributed by atoms with E-state index in [1.165, 1.54) is 12.1 Å². The van der Waals surface area contributed by atoms with Gasteiger partial charge in [-0.25, -0.2) is 0 Å². The van der Waals surface area contributed by atoms with Crippen molar-refractivity contribution in [1.29, 1.82) is 0 Å². The maximum absolute atomic E-state index is 12.3. The Balaban J connectivity index is 2.05. The molecule has 0 fully saturated rings. The average Bonchev–Trinajstić information content (AvgIpc) is 2.60. The molecule has 0 amide bonds. The molecule has 4 heteroatoms. The first-order valence-corrected chi connectivity index (χ1v) is 7.95. The molecule has 130 valence electrons. The molecule has 0 aliphatic rings. The lowest BCUT2D eigenvalue weighted by Crippen LogP contribution is -1.98. The summed E-state index contributed by atoms with van der Waals surface area (Å²) in [4.78, 5) is 12.3. The highest BCUT2D eigenvalue weighted by atomic mass is 16.5. The number of ether oxygens (including phenoxy) is 2. The molecule has 0 aromatic heterocycles. The van der Waals surface area contributed by atoms with Gasteiger partial charge in [-0.1, -0.05) is 23.8 Å². The number of carbonyl (C=O) groups is 1. The number of methoxy groups -OCH3 is 1. The number of phenolic OH excluding ortho intramolecular Hbond substituents is 1. The zero-order chi connectivity index (χ0) is 18.2. The summed E-state index contributed by atoms with van der Waals surface area (Å²) in [6.07, 6.45) is 5.06. The molecule has 0 bridgehead atoms. The van der Waals surface area contributed by atoms with E-state index in [0.29, 0.717) is 12.4 Å². The second-order valence-electron chi connectivity index (χ2n) is 5.74. The molecular weight excluding hydrogens is 316 g/mol. The van der Waals surface area contributed by atoms with Crippen molar-refractivity contribution in [3.8, 4) is 17.2 Å². The van der Waals surface area contributed by atoms with Crippen LogP contribution in [0.15, 0.2) is 60.2 Å². The van der Waals surface area contributed by atoms with E-state index in [4.69, 9.17) is 9.47 Å². The van der Waals surface area contributed by atoms with E-state index in [9.17, 15) is 9.90 Å². The highest BCUT2D eigenvalue weighted by Crippen LogP contribution is 2.24. The lowest BCUT2D eigenvalue weighted by Gasteiger charge is -2.06. The van der Waals surface area contributed by atoms with Crippen molar-refractivity contribution in [3.63, 3.8) is 0 Å². The Bertz CT molecular complexity index is 782. The molecule has 0 radical (unpaired) electrons. The summed E-state index contributed by atoms with van der Waals surface area (Å²) in [5.41, 5.74) is 2.26. The number of carbonyl (C=O) groups excluding carboxylic acids is 1. The first-order chi connectivity index (χ1) is 12.0. The lowest BCUT2D eigenvalue weighted by molar-refractivity contribution is 0.104. The van der Waals surface area contributed by atoms with Gasteiger partial charge in [0, 0.05) is 6.07 Å². The van der Waals surface area contributed by atoms with Crippen molar-refractivity contribution in [2.24, 2.45) is 0 Å². The predicted molar refractivity (Wildman–Crippen MR) is 99.4 cm³/mol. The number of aromatic hydroxyl groups is 1. The second-order valence-corrected chi connectivity index (χ2v) is 5.74. The first-order valence-electron chi connectivity index (χ1n) is 7.95. The molecule has 0 unspecified atom stereocenters. The third-order valence-corrected chi connectivity index (χ3v) is 3.52. The second kappa shape index (κ2) is 8.73. The Morgan fingerprint density at radius 3 is 2.36 bits per heavy atom. The zero-order valence-electron chi connectivity index (χ0n) is 14.7. The van der Waals surface area contributed by atoms with E-state index in [0.717, 1.165) is 16.9 Å². The number of benzene rings is 2. The van der Waals surface area contributed by atoms with Crippen LogP contribution in [-0.4, -0.2) is 24.6 Å². The van der Waals surface area contributed by atoms with Gasteiger partial charge in [0.05, 0.1) is 12.7 Å². The Morgan fingerprint density at radius 2 is 1.76 bits per heavy atom. The normalized spacial score (nSPS) is 10.5. The molecule has 0 saturated heterocycles. The van der Waals surface area contributed by atoms with Crippen molar-refractivity contribution in [2.75, 3.05) is 13.7 Å². The first kappa shape index (κ1) is 18.3. The molecule has 1 N–H and O–H groups in total. The van der Waals surface area contributed by atoms with Gasteiger partial charge in [-0.05, 0) is 55.8 Å². The van der Waals surface area contributed by atoms with Gasteiger partial charge in [-0.2, -0.15) is 0 Å². The van der Waals surface area contributed by atoms with E-state index < -0.39 is 0 Å². The third kappa shape index (κ3) is 5.53. The average molecular weight is 338 g/mol. The highest BCUT2D eigenvalue weighted by molar-refractivity contribution is 6.08. The standard InChI is InChI=1S/C21H22O4/c1-15(2)12-13-25-18-9-10-19(21(23)14-18)20(22)11-6-16-4-7-17(24-3)8-5-16/h4-12,14,23H,13H2,1-3H3/b11-6+. The Kier molecular flexibility index (Phi) is 6.40. The number of hydrogen-bond donors (Lipinski definition) is 1. The summed E-state index contributed by atoms with van der Waals surface area (Å²) < 4.78 is 10.6. The minimum Gasteiger partial charge on any atom is -0.507 e. The smallest absolute Gasteiger partial charge is 0.189 e. The third-order valence-electron chi connectivity index (χ3n) is 3.52. The van der Waals surface area contributed by atoms with Crippen LogP contribution in [0.3, 0.4) is 0 Å². The minimum absolute atomic E-state index is 0.0981. The summed E-state index contributed by atoms with van der Waals surface area (Å²) >= 11 is 0. The van der Waals surface area contributed by atoms with Crippen LogP contribution in [-0.2, 0) is 0 Å². The fraction of sp³-hybridized carbons (Fsp3) is 0.190. The monoisotopic (exact) mass is 338 g/mol. The van der Waals surface area contributed by atoms with Crippen molar-refractivity contribution in [3.05, 3.63) is 71.3 Å². The van der Waals surface area contributed by atoms with Crippen LogP contribution in [0.5, 0.6) is 17.2 Å². The highest BCUT2D eigenvalue weighted by Gasteiger charge is 2.09. The SMILES string of the molecule is COc1ccc(/C=C/C(=O)c2ccc(OCC=C(C)C)cc2O)cc1. The van der Waals surface area contributed by atoms with Crippen molar-refractivity contribution < 1.29 is 19.4 Å². The number of ketones is 1. The Hall–Kier alpha value is -3.01. The molecule has 0 spiro atoms. The largest absolute Gasteiger partial charge is 0.507 e. The molecule has 4 nitrogen and oxygen atoms in total. The number of rotatable bonds is 7. The maximum Gasteiger partial charge on any atom is 0.189 e. The molecule has 0 aliphatic carbocycles. The molecule has 0 saturated carbocycles. The van der Waals surface area contributed by atoms with Gasteiger partial charge in [0.25, 0.3) is 0 Å². The van der Waals surface area contributed by atoms with Crippen molar-refractivity contribution >= 4 is 11.9 Å². The fourth-order valence-corrected chi connectivity index (χ4v) is 2.09. The molecule has 25 heavy (non-hydrogen) atoms. The fourth-order valence-electron chi connectivity index (χ4n) is 2.09. The van der Waals surface area contributed by atoms with E-state index in [-0.39, 0.29) is 17.1 Å². The Morgan fingerprint density at radius 1 is 1.08 bits per heavy atom. The number of hydrogen-bond acceptors (Lipinski definition) is 4. The maximum atomic E-state index is 12.3.